The van der Waals surface area contributed by atoms with Crippen LogP contribution in [0.15, 0.2) is 0 Å². The standard InChI is InChI=1S/C10H17NO/c1-3-5-6-11-7-9(4-2)10(12)8-11/h9-10,12H,4,6-8H2,1-2H3. The van der Waals surface area contributed by atoms with Gasteiger partial charge < -0.3 is 5.11 Å². The van der Waals surface area contributed by atoms with Crippen LogP contribution in [0.4, 0.5) is 0 Å². The minimum Gasteiger partial charge on any atom is -0.391 e. The molecule has 2 atom stereocenters. The molecule has 0 saturated carbocycles. The van der Waals surface area contributed by atoms with Crippen molar-refractivity contribution in [3.8, 4) is 11.8 Å². The van der Waals surface area contributed by atoms with Gasteiger partial charge in [-0.25, -0.2) is 0 Å². The smallest absolute Gasteiger partial charge is 0.0707 e. The molecule has 0 aromatic rings. The van der Waals surface area contributed by atoms with Crippen LogP contribution in [-0.2, 0) is 0 Å². The SMILES string of the molecule is CC#CCN1CC(O)C(CC)C1. The Labute approximate surface area is 74.6 Å². The maximum Gasteiger partial charge on any atom is 0.0707 e. The van der Waals surface area contributed by atoms with E-state index in [1.54, 1.807) is 0 Å². The molecule has 12 heavy (non-hydrogen) atoms. The largest absolute Gasteiger partial charge is 0.391 e. The zero-order valence-corrected chi connectivity index (χ0v) is 7.88. The van der Waals surface area contributed by atoms with Crippen molar-refractivity contribution in [2.24, 2.45) is 5.92 Å². The highest BCUT2D eigenvalue weighted by Gasteiger charge is 2.28. The Morgan fingerprint density at radius 1 is 1.50 bits per heavy atom. The molecule has 0 bridgehead atoms. The van der Waals surface area contributed by atoms with Gasteiger partial charge in [-0.15, -0.1) is 5.92 Å². The van der Waals surface area contributed by atoms with Gasteiger partial charge in [-0.2, -0.15) is 0 Å². The molecular weight excluding hydrogens is 150 g/mol. The monoisotopic (exact) mass is 167 g/mol. The van der Waals surface area contributed by atoms with Crippen LogP contribution in [0.3, 0.4) is 0 Å². The van der Waals surface area contributed by atoms with E-state index in [1.165, 1.54) is 0 Å². The van der Waals surface area contributed by atoms with E-state index < -0.39 is 0 Å². The van der Waals surface area contributed by atoms with E-state index in [2.05, 4.69) is 23.7 Å². The third-order valence-electron chi connectivity index (χ3n) is 2.49. The molecule has 1 heterocycles. The lowest BCUT2D eigenvalue weighted by atomic mass is 10.0. The van der Waals surface area contributed by atoms with Crippen LogP contribution in [0.1, 0.15) is 20.3 Å². The summed E-state index contributed by atoms with van der Waals surface area (Å²) in [6.07, 6.45) is 0.936. The number of aliphatic hydroxyl groups is 1. The van der Waals surface area contributed by atoms with Crippen molar-refractivity contribution in [1.82, 2.24) is 4.90 Å². The second-order valence-corrected chi connectivity index (χ2v) is 3.36. The molecule has 0 spiro atoms. The molecular formula is C10H17NO. The first-order valence-electron chi connectivity index (χ1n) is 4.58. The molecule has 0 aliphatic carbocycles. The fraction of sp³-hybridized carbons (Fsp3) is 0.800. The Kier molecular flexibility index (Phi) is 3.58. The van der Waals surface area contributed by atoms with Crippen molar-refractivity contribution < 1.29 is 5.11 Å². The molecule has 2 heteroatoms. The Morgan fingerprint density at radius 2 is 2.25 bits per heavy atom. The van der Waals surface area contributed by atoms with E-state index in [1.807, 2.05) is 6.92 Å². The van der Waals surface area contributed by atoms with Gasteiger partial charge in [0, 0.05) is 13.1 Å². The van der Waals surface area contributed by atoms with Crippen molar-refractivity contribution in [1.29, 1.82) is 0 Å². The van der Waals surface area contributed by atoms with Crippen LogP contribution in [0.2, 0.25) is 0 Å². The summed E-state index contributed by atoms with van der Waals surface area (Å²) >= 11 is 0. The molecule has 1 rings (SSSR count). The predicted octanol–water partition coefficient (Wildman–Crippen LogP) is 0.712. The highest BCUT2D eigenvalue weighted by molar-refractivity contribution is 4.99. The third-order valence-corrected chi connectivity index (χ3v) is 2.49. The second-order valence-electron chi connectivity index (χ2n) is 3.36. The molecule has 1 saturated heterocycles. The first kappa shape index (κ1) is 9.57. The average Bonchev–Trinajstić information content (AvgIpc) is 2.43. The molecule has 1 fully saturated rings. The number of aliphatic hydroxyl groups excluding tert-OH is 1. The second kappa shape index (κ2) is 4.49. The quantitative estimate of drug-likeness (QED) is 0.612. The summed E-state index contributed by atoms with van der Waals surface area (Å²) < 4.78 is 0. The minimum absolute atomic E-state index is 0.131. The molecule has 1 N–H and O–H groups in total. The summed E-state index contributed by atoms with van der Waals surface area (Å²) in [5, 5.41) is 9.57. The lowest BCUT2D eigenvalue weighted by Crippen LogP contribution is -2.22. The van der Waals surface area contributed by atoms with Gasteiger partial charge in [0.2, 0.25) is 0 Å². The Morgan fingerprint density at radius 3 is 2.75 bits per heavy atom. The molecule has 2 nitrogen and oxygen atoms in total. The molecule has 0 amide bonds. The number of rotatable bonds is 2. The molecule has 68 valence electrons. The third kappa shape index (κ3) is 2.23. The van der Waals surface area contributed by atoms with Gasteiger partial charge in [-0.1, -0.05) is 12.8 Å². The summed E-state index contributed by atoms with van der Waals surface area (Å²) in [4.78, 5) is 2.22. The Balaban J connectivity index is 2.36. The Bertz CT molecular complexity index is 192. The highest BCUT2D eigenvalue weighted by Crippen LogP contribution is 2.18. The minimum atomic E-state index is -0.131. The molecule has 1 aliphatic rings. The van der Waals surface area contributed by atoms with Crippen molar-refractivity contribution in [3.63, 3.8) is 0 Å². The first-order valence-corrected chi connectivity index (χ1v) is 4.58. The van der Waals surface area contributed by atoms with Gasteiger partial charge in [0.1, 0.15) is 0 Å². The number of β-amino-alcohol motifs (C(OH)–C–C–N with tert-alkyl or cyclic N) is 1. The van der Waals surface area contributed by atoms with E-state index in [0.29, 0.717) is 5.92 Å². The zero-order chi connectivity index (χ0) is 8.97. The van der Waals surface area contributed by atoms with E-state index in [4.69, 9.17) is 0 Å². The van der Waals surface area contributed by atoms with Gasteiger partial charge >= 0.3 is 0 Å². The van der Waals surface area contributed by atoms with E-state index in [-0.39, 0.29) is 6.10 Å². The maximum atomic E-state index is 9.57. The summed E-state index contributed by atoms with van der Waals surface area (Å²) in [5.41, 5.74) is 0. The lowest BCUT2D eigenvalue weighted by molar-refractivity contribution is 0.141. The van der Waals surface area contributed by atoms with E-state index in [0.717, 1.165) is 26.1 Å². The summed E-state index contributed by atoms with van der Waals surface area (Å²) in [7, 11) is 0. The average molecular weight is 167 g/mol. The van der Waals surface area contributed by atoms with Crippen LogP contribution in [0.25, 0.3) is 0 Å². The normalized spacial score (nSPS) is 29.9. The summed E-state index contributed by atoms with van der Waals surface area (Å²) in [6.45, 7) is 6.59. The fourth-order valence-electron chi connectivity index (χ4n) is 1.66. The van der Waals surface area contributed by atoms with E-state index in [9.17, 15) is 5.11 Å². The number of nitrogens with zero attached hydrogens (tertiary/aromatic N) is 1. The summed E-state index contributed by atoms with van der Waals surface area (Å²) in [5.74, 6) is 6.35. The van der Waals surface area contributed by atoms with Crippen molar-refractivity contribution >= 4 is 0 Å². The zero-order valence-electron chi connectivity index (χ0n) is 7.88. The van der Waals surface area contributed by atoms with Crippen LogP contribution in [-0.4, -0.2) is 35.7 Å². The number of likely N-dealkylation sites (tertiary alicyclic amines) is 1. The number of hydrogen-bond donors (Lipinski definition) is 1. The molecule has 2 unspecified atom stereocenters. The molecule has 0 aromatic carbocycles. The molecule has 0 radical (unpaired) electrons. The number of hydrogen-bond acceptors (Lipinski definition) is 2. The fourth-order valence-corrected chi connectivity index (χ4v) is 1.66. The van der Waals surface area contributed by atoms with Gasteiger partial charge in [0.25, 0.3) is 0 Å². The Hall–Kier alpha value is -0.520. The van der Waals surface area contributed by atoms with Gasteiger partial charge in [-0.05, 0) is 19.3 Å². The van der Waals surface area contributed by atoms with Crippen LogP contribution in [0, 0.1) is 17.8 Å². The first-order chi connectivity index (χ1) is 5.77. The van der Waals surface area contributed by atoms with Crippen LogP contribution < -0.4 is 0 Å². The summed E-state index contributed by atoms with van der Waals surface area (Å²) in [6, 6.07) is 0. The van der Waals surface area contributed by atoms with Crippen molar-refractivity contribution in [3.05, 3.63) is 0 Å². The van der Waals surface area contributed by atoms with Crippen molar-refractivity contribution in [2.45, 2.75) is 26.4 Å². The molecule has 0 aromatic heterocycles. The maximum absolute atomic E-state index is 9.57. The lowest BCUT2D eigenvalue weighted by Gasteiger charge is -2.10. The van der Waals surface area contributed by atoms with Gasteiger partial charge in [0.05, 0.1) is 12.6 Å². The van der Waals surface area contributed by atoms with Crippen LogP contribution >= 0.6 is 0 Å². The predicted molar refractivity (Wildman–Crippen MR) is 49.7 cm³/mol. The van der Waals surface area contributed by atoms with Crippen LogP contribution in [0.5, 0.6) is 0 Å². The topological polar surface area (TPSA) is 23.5 Å². The highest BCUT2D eigenvalue weighted by atomic mass is 16.3. The van der Waals surface area contributed by atoms with Crippen molar-refractivity contribution in [2.75, 3.05) is 19.6 Å². The molecule has 1 aliphatic heterocycles. The van der Waals surface area contributed by atoms with E-state index >= 15 is 0 Å². The van der Waals surface area contributed by atoms with Gasteiger partial charge in [-0.3, -0.25) is 4.90 Å². The van der Waals surface area contributed by atoms with Gasteiger partial charge in [0.15, 0.2) is 0 Å².